The molecule has 148 valence electrons. The molecular weight excluding hydrogens is 440 g/mol. The number of benzene rings is 4. The van der Waals surface area contributed by atoms with Crippen LogP contribution in [0.2, 0.25) is 0 Å². The van der Waals surface area contributed by atoms with E-state index in [9.17, 15) is 0 Å². The van der Waals surface area contributed by atoms with Crippen molar-refractivity contribution in [1.82, 2.24) is 0 Å². The molecule has 0 nitrogen and oxygen atoms in total. The second-order valence-corrected chi connectivity index (χ2v) is 9.35. The molecule has 31 heavy (non-hydrogen) atoms. The molecule has 0 aromatic heterocycles. The van der Waals surface area contributed by atoms with Gasteiger partial charge in [-0.2, -0.15) is 0 Å². The molecule has 1 atom stereocenters. The fourth-order valence-electron chi connectivity index (χ4n) is 5.32. The highest BCUT2D eigenvalue weighted by molar-refractivity contribution is 9.15. The van der Waals surface area contributed by atoms with Crippen LogP contribution < -0.4 is 0 Å². The van der Waals surface area contributed by atoms with E-state index in [1.54, 1.807) is 0 Å². The van der Waals surface area contributed by atoms with Gasteiger partial charge >= 0.3 is 0 Å². The van der Waals surface area contributed by atoms with Crippen LogP contribution in [0.3, 0.4) is 0 Å². The zero-order chi connectivity index (χ0) is 21.1. The Bertz CT molecular complexity index is 1440. The minimum atomic E-state index is 0.203. The summed E-state index contributed by atoms with van der Waals surface area (Å²) in [5.41, 5.74) is 8.91. The highest BCUT2D eigenvalue weighted by atomic mass is 79.9. The van der Waals surface area contributed by atoms with Crippen LogP contribution in [0.25, 0.3) is 43.2 Å². The van der Waals surface area contributed by atoms with Crippen LogP contribution in [-0.2, 0) is 0 Å². The number of halogens is 1. The summed E-state index contributed by atoms with van der Waals surface area (Å²) in [5.74, 6) is 0.203. The van der Waals surface area contributed by atoms with Crippen LogP contribution in [0.5, 0.6) is 0 Å². The van der Waals surface area contributed by atoms with Crippen LogP contribution >= 0.6 is 15.9 Å². The lowest BCUT2D eigenvalue weighted by molar-refractivity contribution is 1.10. The highest BCUT2D eigenvalue weighted by Crippen LogP contribution is 2.50. The molecule has 0 N–H and O–H groups in total. The molecule has 1 heteroatoms. The summed E-state index contributed by atoms with van der Waals surface area (Å²) in [7, 11) is 0. The topological polar surface area (TPSA) is 0 Å². The number of hydrogen-bond donors (Lipinski definition) is 0. The quantitative estimate of drug-likeness (QED) is 0.261. The second-order valence-electron chi connectivity index (χ2n) is 8.39. The van der Waals surface area contributed by atoms with Crippen LogP contribution in [-0.4, -0.2) is 0 Å². The van der Waals surface area contributed by atoms with Gasteiger partial charge in [0, 0.05) is 10.4 Å². The van der Waals surface area contributed by atoms with Gasteiger partial charge in [0.15, 0.2) is 0 Å². The first-order valence-electron chi connectivity index (χ1n) is 10.6. The van der Waals surface area contributed by atoms with E-state index in [-0.39, 0.29) is 5.92 Å². The SMILES string of the molecule is C=C(Br)c1ccc2c3c1C(=C)CC=C3C(c1c3ccccc3cc3ccccc13)C=C2. The Hall–Kier alpha value is -3.16. The summed E-state index contributed by atoms with van der Waals surface area (Å²) in [6.45, 7) is 8.56. The monoisotopic (exact) mass is 460 g/mol. The molecule has 1 unspecified atom stereocenters. The number of rotatable bonds is 2. The van der Waals surface area contributed by atoms with Crippen molar-refractivity contribution in [2.45, 2.75) is 12.3 Å². The summed E-state index contributed by atoms with van der Waals surface area (Å²) in [4.78, 5) is 0. The van der Waals surface area contributed by atoms with E-state index < -0.39 is 0 Å². The third kappa shape index (κ3) is 2.73. The lowest BCUT2D eigenvalue weighted by Crippen LogP contribution is -2.13. The van der Waals surface area contributed by atoms with Crippen LogP contribution in [0, 0.1) is 0 Å². The van der Waals surface area contributed by atoms with Gasteiger partial charge in [0.25, 0.3) is 0 Å². The Morgan fingerprint density at radius 1 is 0.871 bits per heavy atom. The van der Waals surface area contributed by atoms with Gasteiger partial charge in [0.1, 0.15) is 0 Å². The van der Waals surface area contributed by atoms with Gasteiger partial charge in [-0.3, -0.25) is 0 Å². The number of fused-ring (bicyclic) bond motifs is 2. The van der Waals surface area contributed by atoms with Crippen molar-refractivity contribution in [3.05, 3.63) is 120 Å². The summed E-state index contributed by atoms with van der Waals surface area (Å²) < 4.78 is 0.911. The molecule has 6 rings (SSSR count). The van der Waals surface area contributed by atoms with Crippen molar-refractivity contribution in [1.29, 1.82) is 0 Å². The largest absolute Gasteiger partial charge is 0.0949 e. The molecule has 4 aromatic carbocycles. The van der Waals surface area contributed by atoms with Crippen molar-refractivity contribution in [3.63, 3.8) is 0 Å². The Labute approximate surface area is 191 Å². The molecule has 0 radical (unpaired) electrons. The molecule has 0 bridgehead atoms. The predicted octanol–water partition coefficient (Wildman–Crippen LogP) is 8.97. The van der Waals surface area contributed by atoms with Gasteiger partial charge in [-0.1, -0.05) is 108 Å². The molecule has 0 spiro atoms. The minimum Gasteiger partial charge on any atom is -0.0949 e. The average Bonchev–Trinajstić information content (AvgIpc) is 2.79. The van der Waals surface area contributed by atoms with Gasteiger partial charge in [-0.25, -0.2) is 0 Å². The molecule has 0 saturated heterocycles. The van der Waals surface area contributed by atoms with Crippen LogP contribution in [0.4, 0.5) is 0 Å². The lowest BCUT2D eigenvalue weighted by atomic mass is 9.71. The Kier molecular flexibility index (Phi) is 4.16. The van der Waals surface area contributed by atoms with Crippen molar-refractivity contribution in [2.24, 2.45) is 0 Å². The molecule has 0 amide bonds. The van der Waals surface area contributed by atoms with E-state index in [2.05, 4.69) is 114 Å². The third-order valence-electron chi connectivity index (χ3n) is 6.67. The Balaban J connectivity index is 1.69. The van der Waals surface area contributed by atoms with Gasteiger partial charge in [-0.05, 0) is 73.0 Å². The molecule has 2 aliphatic rings. The summed E-state index contributed by atoms with van der Waals surface area (Å²) in [5, 5.41) is 5.23. The molecule has 0 saturated carbocycles. The molecule has 0 heterocycles. The first kappa shape index (κ1) is 18.6. The minimum absolute atomic E-state index is 0.203. The van der Waals surface area contributed by atoms with E-state index >= 15 is 0 Å². The molecule has 4 aromatic rings. The summed E-state index contributed by atoms with van der Waals surface area (Å²) in [6, 6.07) is 24.2. The van der Waals surface area contributed by atoms with Crippen LogP contribution in [0.15, 0.2) is 92.0 Å². The standard InChI is InChI=1S/C30H21Br/c1-18-11-14-26-27(16-13-20-12-15-23(19(2)31)28(18)29(20)26)30-24-9-5-3-7-21(24)17-22-8-4-6-10-25(22)30/h3-10,12-17,27H,1-2,11H2. The Morgan fingerprint density at radius 2 is 1.55 bits per heavy atom. The molecular formula is C30H21Br. The maximum Gasteiger partial charge on any atom is 0.0288 e. The van der Waals surface area contributed by atoms with Crippen molar-refractivity contribution >= 4 is 59.2 Å². The summed E-state index contributed by atoms with van der Waals surface area (Å²) >= 11 is 3.63. The zero-order valence-corrected chi connectivity index (χ0v) is 18.7. The first-order chi connectivity index (χ1) is 15.1. The zero-order valence-electron chi connectivity index (χ0n) is 17.2. The van der Waals surface area contributed by atoms with Crippen molar-refractivity contribution in [3.8, 4) is 0 Å². The van der Waals surface area contributed by atoms with Gasteiger partial charge in [0.05, 0.1) is 0 Å². The average molecular weight is 461 g/mol. The van der Waals surface area contributed by atoms with E-state index in [1.807, 2.05) is 0 Å². The van der Waals surface area contributed by atoms with E-state index in [1.165, 1.54) is 49.4 Å². The lowest BCUT2D eigenvalue weighted by Gasteiger charge is -2.32. The van der Waals surface area contributed by atoms with Crippen LogP contribution in [0.1, 0.15) is 40.2 Å². The van der Waals surface area contributed by atoms with E-state index in [0.717, 1.165) is 22.0 Å². The normalized spacial score (nSPS) is 17.0. The van der Waals surface area contributed by atoms with Gasteiger partial charge in [-0.15, -0.1) is 0 Å². The fraction of sp³-hybridized carbons (Fsp3) is 0.0667. The first-order valence-corrected chi connectivity index (χ1v) is 11.4. The number of allylic oxidation sites excluding steroid dienone is 4. The maximum absolute atomic E-state index is 4.40. The fourth-order valence-corrected chi connectivity index (χ4v) is 5.65. The second kappa shape index (κ2) is 6.93. The van der Waals surface area contributed by atoms with Crippen molar-refractivity contribution < 1.29 is 0 Å². The number of hydrogen-bond acceptors (Lipinski definition) is 0. The maximum atomic E-state index is 4.40. The molecule has 2 aliphatic carbocycles. The molecule has 0 aliphatic heterocycles. The smallest absolute Gasteiger partial charge is 0.0288 e. The third-order valence-corrected chi connectivity index (χ3v) is 7.09. The van der Waals surface area contributed by atoms with E-state index in [4.69, 9.17) is 0 Å². The van der Waals surface area contributed by atoms with Crippen molar-refractivity contribution in [2.75, 3.05) is 0 Å². The van der Waals surface area contributed by atoms with E-state index in [0.29, 0.717) is 0 Å². The van der Waals surface area contributed by atoms with Gasteiger partial charge < -0.3 is 0 Å². The predicted molar refractivity (Wildman–Crippen MR) is 139 cm³/mol. The Morgan fingerprint density at radius 3 is 2.23 bits per heavy atom. The molecule has 0 fully saturated rings. The summed E-state index contributed by atoms with van der Waals surface area (Å²) in [6.07, 6.45) is 7.92. The highest BCUT2D eigenvalue weighted by Gasteiger charge is 2.30. The van der Waals surface area contributed by atoms with Gasteiger partial charge in [0.2, 0.25) is 0 Å².